The third kappa shape index (κ3) is 5.61. The maximum atomic E-state index is 12.2. The van der Waals surface area contributed by atoms with E-state index in [4.69, 9.17) is 4.74 Å². The summed E-state index contributed by atoms with van der Waals surface area (Å²) >= 11 is 0. The molecule has 1 amide bonds. The van der Waals surface area contributed by atoms with Crippen molar-refractivity contribution < 1.29 is 14.6 Å². The molecule has 0 aliphatic rings. The smallest absolute Gasteiger partial charge is 0.253 e. The van der Waals surface area contributed by atoms with Crippen LogP contribution in [0.15, 0.2) is 24.3 Å². The maximum absolute atomic E-state index is 12.2. The average Bonchev–Trinajstić information content (AvgIpc) is 2.34. The van der Waals surface area contributed by atoms with E-state index in [9.17, 15) is 9.90 Å². The van der Waals surface area contributed by atoms with E-state index in [1.807, 2.05) is 20.8 Å². The Bertz CT molecular complexity index is 432. The van der Waals surface area contributed by atoms with Crippen molar-refractivity contribution in [2.45, 2.75) is 45.8 Å². The molecule has 0 aromatic heterocycles. The Balaban J connectivity index is 2.65. The summed E-state index contributed by atoms with van der Waals surface area (Å²) in [7, 11) is 1.74. The van der Waals surface area contributed by atoms with Gasteiger partial charge in [-0.3, -0.25) is 4.79 Å². The van der Waals surface area contributed by atoms with E-state index in [-0.39, 0.29) is 11.5 Å². The predicted octanol–water partition coefficient (Wildman–Crippen LogP) is 2.71. The van der Waals surface area contributed by atoms with Crippen molar-refractivity contribution in [2.24, 2.45) is 0 Å². The number of benzene rings is 1. The summed E-state index contributed by atoms with van der Waals surface area (Å²) in [5.74, 6) is 0.702. The standard InChI is InChI=1S/C16H25NO3/c1-12(18)10-11-17(5)15(19)13-6-8-14(9-7-13)20-16(2,3)4/h6-9,12,18H,10-11H2,1-5H3. The molecule has 112 valence electrons. The van der Waals surface area contributed by atoms with Gasteiger partial charge in [0, 0.05) is 19.2 Å². The van der Waals surface area contributed by atoms with Gasteiger partial charge >= 0.3 is 0 Å². The van der Waals surface area contributed by atoms with Crippen LogP contribution in [0, 0.1) is 0 Å². The van der Waals surface area contributed by atoms with Gasteiger partial charge in [0.2, 0.25) is 0 Å². The summed E-state index contributed by atoms with van der Waals surface area (Å²) in [6.45, 7) is 8.20. The predicted molar refractivity (Wildman–Crippen MR) is 80.1 cm³/mol. The fraction of sp³-hybridized carbons (Fsp3) is 0.562. The van der Waals surface area contributed by atoms with Gasteiger partial charge in [0.05, 0.1) is 6.10 Å². The summed E-state index contributed by atoms with van der Waals surface area (Å²) in [5.41, 5.74) is 0.374. The molecule has 20 heavy (non-hydrogen) atoms. The third-order valence-corrected chi connectivity index (χ3v) is 2.75. The molecule has 0 saturated heterocycles. The van der Waals surface area contributed by atoms with E-state index < -0.39 is 6.10 Å². The molecule has 4 nitrogen and oxygen atoms in total. The number of carbonyl (C=O) groups is 1. The second kappa shape index (κ2) is 6.75. The number of hydrogen-bond donors (Lipinski definition) is 1. The molecule has 0 fully saturated rings. The van der Waals surface area contributed by atoms with Gasteiger partial charge in [-0.15, -0.1) is 0 Å². The molecule has 0 saturated carbocycles. The summed E-state index contributed by atoms with van der Waals surface area (Å²) in [5, 5.41) is 9.24. The molecule has 0 spiro atoms. The van der Waals surface area contributed by atoms with Crippen LogP contribution in [0.4, 0.5) is 0 Å². The van der Waals surface area contributed by atoms with E-state index in [0.29, 0.717) is 18.5 Å². The van der Waals surface area contributed by atoms with Gasteiger partial charge in [-0.05, 0) is 58.4 Å². The van der Waals surface area contributed by atoms with Crippen LogP contribution in [0.5, 0.6) is 5.75 Å². The van der Waals surface area contributed by atoms with Crippen molar-refractivity contribution in [3.63, 3.8) is 0 Å². The van der Waals surface area contributed by atoms with Crippen LogP contribution in [-0.2, 0) is 0 Å². The fourth-order valence-corrected chi connectivity index (χ4v) is 1.72. The number of hydrogen-bond acceptors (Lipinski definition) is 3. The van der Waals surface area contributed by atoms with Crippen LogP contribution in [-0.4, -0.2) is 41.2 Å². The molecular formula is C16H25NO3. The Morgan fingerprint density at radius 2 is 1.85 bits per heavy atom. The molecule has 1 aromatic rings. The zero-order chi connectivity index (χ0) is 15.3. The van der Waals surface area contributed by atoms with E-state index in [1.54, 1.807) is 43.1 Å². The highest BCUT2D eigenvalue weighted by atomic mass is 16.5. The van der Waals surface area contributed by atoms with Gasteiger partial charge in [-0.2, -0.15) is 0 Å². The van der Waals surface area contributed by atoms with Gasteiger partial charge in [0.25, 0.3) is 5.91 Å². The SMILES string of the molecule is CC(O)CCN(C)C(=O)c1ccc(OC(C)(C)C)cc1. The second-order valence-corrected chi connectivity index (χ2v) is 6.10. The molecule has 0 bridgehead atoms. The van der Waals surface area contributed by atoms with E-state index in [2.05, 4.69) is 0 Å². The molecule has 1 rings (SSSR count). The molecule has 0 heterocycles. The van der Waals surface area contributed by atoms with Crippen LogP contribution in [0.1, 0.15) is 44.5 Å². The Labute approximate surface area is 121 Å². The van der Waals surface area contributed by atoms with Crippen molar-refractivity contribution in [2.75, 3.05) is 13.6 Å². The zero-order valence-electron chi connectivity index (χ0n) is 13.0. The van der Waals surface area contributed by atoms with Crippen LogP contribution in [0.3, 0.4) is 0 Å². The highest BCUT2D eigenvalue weighted by molar-refractivity contribution is 5.94. The Hall–Kier alpha value is -1.55. The lowest BCUT2D eigenvalue weighted by Crippen LogP contribution is -2.29. The Morgan fingerprint density at radius 1 is 1.30 bits per heavy atom. The topological polar surface area (TPSA) is 49.8 Å². The van der Waals surface area contributed by atoms with Gasteiger partial charge in [0.15, 0.2) is 0 Å². The van der Waals surface area contributed by atoms with Gasteiger partial charge in [-0.25, -0.2) is 0 Å². The van der Waals surface area contributed by atoms with Gasteiger partial charge < -0.3 is 14.7 Å². The van der Waals surface area contributed by atoms with Crippen molar-refractivity contribution >= 4 is 5.91 Å². The number of rotatable bonds is 5. The fourth-order valence-electron chi connectivity index (χ4n) is 1.72. The van der Waals surface area contributed by atoms with Gasteiger partial charge in [-0.1, -0.05) is 0 Å². The highest BCUT2D eigenvalue weighted by Gasteiger charge is 2.14. The number of amides is 1. The molecule has 1 N–H and O–H groups in total. The minimum atomic E-state index is -0.396. The number of carbonyl (C=O) groups excluding carboxylic acids is 1. The average molecular weight is 279 g/mol. The third-order valence-electron chi connectivity index (χ3n) is 2.75. The molecule has 1 atom stereocenters. The molecular weight excluding hydrogens is 254 g/mol. The summed E-state index contributed by atoms with van der Waals surface area (Å²) in [4.78, 5) is 13.8. The largest absolute Gasteiger partial charge is 0.488 e. The zero-order valence-corrected chi connectivity index (χ0v) is 13.0. The first kappa shape index (κ1) is 16.5. The normalized spacial score (nSPS) is 12.9. The van der Waals surface area contributed by atoms with E-state index in [1.165, 1.54) is 0 Å². The summed E-state index contributed by atoms with van der Waals surface area (Å²) < 4.78 is 5.72. The molecule has 1 unspecified atom stereocenters. The molecule has 0 aliphatic heterocycles. The number of aliphatic hydroxyl groups is 1. The van der Waals surface area contributed by atoms with Crippen LogP contribution >= 0.6 is 0 Å². The van der Waals surface area contributed by atoms with Crippen LogP contribution < -0.4 is 4.74 Å². The number of ether oxygens (including phenoxy) is 1. The lowest BCUT2D eigenvalue weighted by molar-refractivity contribution is 0.0769. The molecule has 1 aromatic carbocycles. The van der Waals surface area contributed by atoms with E-state index in [0.717, 1.165) is 5.75 Å². The van der Waals surface area contributed by atoms with E-state index >= 15 is 0 Å². The number of aliphatic hydroxyl groups excluding tert-OH is 1. The second-order valence-electron chi connectivity index (χ2n) is 6.10. The van der Waals surface area contributed by atoms with Crippen molar-refractivity contribution in [3.05, 3.63) is 29.8 Å². The first-order valence-electron chi connectivity index (χ1n) is 6.91. The highest BCUT2D eigenvalue weighted by Crippen LogP contribution is 2.19. The number of nitrogens with zero attached hydrogens (tertiary/aromatic N) is 1. The first-order chi connectivity index (χ1) is 9.19. The molecule has 0 radical (unpaired) electrons. The maximum Gasteiger partial charge on any atom is 0.253 e. The summed E-state index contributed by atoms with van der Waals surface area (Å²) in [6.07, 6.45) is 0.181. The van der Waals surface area contributed by atoms with Gasteiger partial charge in [0.1, 0.15) is 11.4 Å². The van der Waals surface area contributed by atoms with Crippen LogP contribution in [0.2, 0.25) is 0 Å². The molecule has 0 aliphatic carbocycles. The minimum absolute atomic E-state index is 0.0482. The quantitative estimate of drug-likeness (QED) is 0.901. The minimum Gasteiger partial charge on any atom is -0.488 e. The summed E-state index contributed by atoms with van der Waals surface area (Å²) in [6, 6.07) is 7.15. The van der Waals surface area contributed by atoms with Crippen molar-refractivity contribution in [3.8, 4) is 5.75 Å². The van der Waals surface area contributed by atoms with Crippen molar-refractivity contribution in [1.29, 1.82) is 0 Å². The molecule has 4 heteroatoms. The monoisotopic (exact) mass is 279 g/mol. The lowest BCUT2D eigenvalue weighted by atomic mass is 10.1. The Morgan fingerprint density at radius 3 is 2.30 bits per heavy atom. The van der Waals surface area contributed by atoms with Crippen LogP contribution in [0.25, 0.3) is 0 Å². The first-order valence-corrected chi connectivity index (χ1v) is 6.91. The lowest BCUT2D eigenvalue weighted by Gasteiger charge is -2.22. The van der Waals surface area contributed by atoms with Crippen molar-refractivity contribution in [1.82, 2.24) is 4.90 Å². The Kier molecular flexibility index (Phi) is 5.57.